The lowest BCUT2D eigenvalue weighted by Gasteiger charge is -2.32. The fraction of sp³-hybridized carbons (Fsp3) is 0.400. The van der Waals surface area contributed by atoms with E-state index in [2.05, 4.69) is 21.4 Å². The Bertz CT molecular complexity index is 726. The molecular weight excluding hydrogens is 314 g/mol. The first-order valence-electron chi connectivity index (χ1n) is 8.83. The van der Waals surface area contributed by atoms with Crippen molar-refractivity contribution in [3.8, 4) is 11.5 Å². The number of hydrogen-bond donors (Lipinski definition) is 1. The first-order valence-corrected chi connectivity index (χ1v) is 8.83. The number of anilines is 1. The van der Waals surface area contributed by atoms with Crippen molar-refractivity contribution in [1.29, 1.82) is 0 Å². The van der Waals surface area contributed by atoms with Gasteiger partial charge in [-0.3, -0.25) is 0 Å². The van der Waals surface area contributed by atoms with Crippen LogP contribution in [0.5, 0.6) is 0 Å². The summed E-state index contributed by atoms with van der Waals surface area (Å²) in [5.41, 5.74) is 1.60. The fourth-order valence-corrected chi connectivity index (χ4v) is 3.22. The number of hydrogen-bond acceptors (Lipinski definition) is 5. The van der Waals surface area contributed by atoms with Gasteiger partial charge in [-0.25, -0.2) is 9.97 Å². The molecule has 0 saturated carbocycles. The first kappa shape index (κ1) is 17.4. The number of allylic oxidation sites excluding steroid dienone is 1. The van der Waals surface area contributed by atoms with E-state index in [1.165, 1.54) is 0 Å². The van der Waals surface area contributed by atoms with Gasteiger partial charge in [0.1, 0.15) is 11.5 Å². The third-order valence-electron chi connectivity index (χ3n) is 4.66. The summed E-state index contributed by atoms with van der Waals surface area (Å²) < 4.78 is 5.81. The molecule has 2 aromatic heterocycles. The standard InChI is InChI=1S/C20H25N3O2/c1-3-5-18-17(4-2)22-20(25-18)16-6-7-19(21-14-16)23-11-8-15(9-12-23)10-13-24/h3-7,14-15,24H,2,8-13H2,1H3/b5-3-. The van der Waals surface area contributed by atoms with E-state index in [9.17, 15) is 0 Å². The third kappa shape index (κ3) is 3.99. The smallest absolute Gasteiger partial charge is 0.228 e. The second-order valence-electron chi connectivity index (χ2n) is 6.32. The summed E-state index contributed by atoms with van der Waals surface area (Å²) in [4.78, 5) is 11.4. The summed E-state index contributed by atoms with van der Waals surface area (Å²) in [6.45, 7) is 7.98. The van der Waals surface area contributed by atoms with Crippen molar-refractivity contribution in [3.63, 3.8) is 0 Å². The molecule has 1 aliphatic rings. The highest BCUT2D eigenvalue weighted by Crippen LogP contribution is 2.27. The second kappa shape index (κ2) is 8.12. The molecule has 3 rings (SSSR count). The molecule has 132 valence electrons. The molecule has 25 heavy (non-hydrogen) atoms. The van der Waals surface area contributed by atoms with Gasteiger partial charge in [0, 0.05) is 25.9 Å². The Morgan fingerprint density at radius 2 is 2.16 bits per heavy atom. The summed E-state index contributed by atoms with van der Waals surface area (Å²) in [5.74, 6) is 2.89. The molecule has 5 nitrogen and oxygen atoms in total. The molecule has 0 aliphatic carbocycles. The average Bonchev–Trinajstić information content (AvgIpc) is 3.06. The van der Waals surface area contributed by atoms with Crippen LogP contribution in [0.15, 0.2) is 35.4 Å². The van der Waals surface area contributed by atoms with E-state index < -0.39 is 0 Å². The zero-order valence-corrected chi connectivity index (χ0v) is 14.7. The lowest BCUT2D eigenvalue weighted by Crippen LogP contribution is -2.34. The normalized spacial score (nSPS) is 15.8. The molecule has 0 radical (unpaired) electrons. The van der Waals surface area contributed by atoms with E-state index in [4.69, 9.17) is 9.52 Å². The molecule has 1 aliphatic heterocycles. The van der Waals surface area contributed by atoms with Crippen molar-refractivity contribution in [2.45, 2.75) is 26.2 Å². The molecule has 0 atom stereocenters. The second-order valence-corrected chi connectivity index (χ2v) is 6.32. The van der Waals surface area contributed by atoms with Crippen LogP contribution < -0.4 is 4.90 Å². The third-order valence-corrected chi connectivity index (χ3v) is 4.66. The number of aromatic nitrogens is 2. The van der Waals surface area contributed by atoms with Gasteiger partial charge in [-0.15, -0.1) is 0 Å². The number of nitrogens with zero attached hydrogens (tertiary/aromatic N) is 3. The average molecular weight is 339 g/mol. The maximum absolute atomic E-state index is 9.06. The van der Waals surface area contributed by atoms with E-state index >= 15 is 0 Å². The summed E-state index contributed by atoms with van der Waals surface area (Å²) in [6.07, 6.45) is 10.4. The summed E-state index contributed by atoms with van der Waals surface area (Å²) in [6, 6.07) is 4.02. The van der Waals surface area contributed by atoms with Crippen LogP contribution >= 0.6 is 0 Å². The van der Waals surface area contributed by atoms with Gasteiger partial charge in [0.05, 0.1) is 5.56 Å². The van der Waals surface area contributed by atoms with Crippen LogP contribution in [-0.2, 0) is 0 Å². The Morgan fingerprint density at radius 1 is 1.36 bits per heavy atom. The number of oxazole rings is 1. The first-order chi connectivity index (χ1) is 12.2. The molecule has 0 unspecified atom stereocenters. The highest BCUT2D eigenvalue weighted by molar-refractivity contribution is 5.63. The van der Waals surface area contributed by atoms with Crippen LogP contribution in [0.4, 0.5) is 5.82 Å². The van der Waals surface area contributed by atoms with E-state index in [-0.39, 0.29) is 6.61 Å². The van der Waals surface area contributed by atoms with Gasteiger partial charge in [0.2, 0.25) is 5.89 Å². The summed E-state index contributed by atoms with van der Waals surface area (Å²) >= 11 is 0. The Kier molecular flexibility index (Phi) is 5.66. The van der Waals surface area contributed by atoms with Crippen molar-refractivity contribution in [2.75, 3.05) is 24.6 Å². The van der Waals surface area contributed by atoms with Gasteiger partial charge >= 0.3 is 0 Å². The highest BCUT2D eigenvalue weighted by Gasteiger charge is 2.20. The zero-order valence-electron chi connectivity index (χ0n) is 14.7. The lowest BCUT2D eigenvalue weighted by molar-refractivity contribution is 0.240. The monoisotopic (exact) mass is 339 g/mol. The zero-order chi connectivity index (χ0) is 17.6. The maximum Gasteiger partial charge on any atom is 0.228 e. The predicted octanol–water partition coefficient (Wildman–Crippen LogP) is 4.01. The van der Waals surface area contributed by atoms with Crippen molar-refractivity contribution < 1.29 is 9.52 Å². The number of aliphatic hydroxyl groups is 1. The quantitative estimate of drug-likeness (QED) is 0.861. The van der Waals surface area contributed by atoms with Crippen LogP contribution in [0.3, 0.4) is 0 Å². The molecular formula is C20H25N3O2. The van der Waals surface area contributed by atoms with Crippen molar-refractivity contribution in [3.05, 3.63) is 42.4 Å². The van der Waals surface area contributed by atoms with Crippen molar-refractivity contribution >= 4 is 18.0 Å². The van der Waals surface area contributed by atoms with Crippen LogP contribution in [-0.4, -0.2) is 34.8 Å². The van der Waals surface area contributed by atoms with Gasteiger partial charge in [0.25, 0.3) is 0 Å². The van der Waals surface area contributed by atoms with Gasteiger partial charge < -0.3 is 14.4 Å². The van der Waals surface area contributed by atoms with E-state index in [1.54, 1.807) is 6.08 Å². The van der Waals surface area contributed by atoms with Crippen LogP contribution in [0.2, 0.25) is 0 Å². The van der Waals surface area contributed by atoms with Gasteiger partial charge in [-0.05, 0) is 56.4 Å². The number of pyridine rings is 1. The highest BCUT2D eigenvalue weighted by atomic mass is 16.4. The molecule has 5 heteroatoms. The Labute approximate surface area is 148 Å². The summed E-state index contributed by atoms with van der Waals surface area (Å²) in [5, 5.41) is 9.06. The van der Waals surface area contributed by atoms with E-state index in [0.29, 0.717) is 17.6 Å². The minimum absolute atomic E-state index is 0.287. The molecule has 0 spiro atoms. The predicted molar refractivity (Wildman–Crippen MR) is 101 cm³/mol. The van der Waals surface area contributed by atoms with Crippen molar-refractivity contribution in [1.82, 2.24) is 9.97 Å². The van der Waals surface area contributed by atoms with Crippen LogP contribution in [0, 0.1) is 5.92 Å². The molecule has 1 N–H and O–H groups in total. The Morgan fingerprint density at radius 3 is 2.76 bits per heavy atom. The lowest BCUT2D eigenvalue weighted by atomic mass is 9.94. The number of aliphatic hydroxyl groups excluding tert-OH is 1. The van der Waals surface area contributed by atoms with Gasteiger partial charge in [-0.1, -0.05) is 12.7 Å². The molecule has 0 aromatic carbocycles. The van der Waals surface area contributed by atoms with Crippen LogP contribution in [0.1, 0.15) is 37.6 Å². The molecule has 0 amide bonds. The van der Waals surface area contributed by atoms with Gasteiger partial charge in [0.15, 0.2) is 5.76 Å². The minimum atomic E-state index is 0.287. The topological polar surface area (TPSA) is 62.4 Å². The van der Waals surface area contributed by atoms with Crippen LogP contribution in [0.25, 0.3) is 23.6 Å². The molecule has 1 fully saturated rings. The maximum atomic E-state index is 9.06. The van der Waals surface area contributed by atoms with E-state index in [1.807, 2.05) is 37.4 Å². The largest absolute Gasteiger partial charge is 0.436 e. The van der Waals surface area contributed by atoms with Gasteiger partial charge in [-0.2, -0.15) is 0 Å². The molecule has 0 bridgehead atoms. The molecule has 2 aromatic rings. The summed E-state index contributed by atoms with van der Waals surface area (Å²) in [7, 11) is 0. The number of piperidine rings is 1. The molecule has 3 heterocycles. The molecule has 1 saturated heterocycles. The van der Waals surface area contributed by atoms with E-state index in [0.717, 1.165) is 49.4 Å². The minimum Gasteiger partial charge on any atom is -0.436 e. The Hall–Kier alpha value is -2.40. The number of rotatable bonds is 6. The van der Waals surface area contributed by atoms with Crippen molar-refractivity contribution in [2.24, 2.45) is 5.92 Å². The fourth-order valence-electron chi connectivity index (χ4n) is 3.22. The SMILES string of the molecule is C=Cc1nc(-c2ccc(N3CCC(CCO)CC3)nc2)oc1/C=C\C. The Balaban J connectivity index is 1.71.